The molecule has 0 saturated carbocycles. The van der Waals surface area contributed by atoms with Crippen molar-refractivity contribution in [2.75, 3.05) is 31.6 Å². The lowest BCUT2D eigenvalue weighted by atomic mass is 10.1. The average molecular weight is 334 g/mol. The van der Waals surface area contributed by atoms with Crippen LogP contribution in [0.1, 0.15) is 5.56 Å². The fraction of sp³-hybridized carbons (Fsp3) is 0.294. The number of carbonyl (C=O) groups excluding carboxylic acids is 1. The summed E-state index contributed by atoms with van der Waals surface area (Å²) in [5.74, 6) is 0.299. The van der Waals surface area contributed by atoms with Crippen molar-refractivity contribution < 1.29 is 9.90 Å². The fourth-order valence-electron chi connectivity index (χ4n) is 2.18. The van der Waals surface area contributed by atoms with E-state index in [4.69, 9.17) is 16.7 Å². The third-order valence-corrected chi connectivity index (χ3v) is 3.56. The lowest BCUT2D eigenvalue weighted by Gasteiger charge is -2.20. The maximum absolute atomic E-state index is 12.1. The molecule has 122 valence electrons. The number of rotatable bonds is 8. The van der Waals surface area contributed by atoms with Crippen molar-refractivity contribution in [2.24, 2.45) is 0 Å². The SMILES string of the molecule is O=C(CN(CCO)CCc1ccccc1)Nc1ccc(Cl)cn1. The van der Waals surface area contributed by atoms with Crippen LogP contribution in [0, 0.1) is 0 Å². The molecule has 0 unspecified atom stereocenters. The molecule has 0 aliphatic heterocycles. The monoisotopic (exact) mass is 333 g/mol. The number of nitrogens with one attached hydrogen (secondary N) is 1. The van der Waals surface area contributed by atoms with Crippen LogP contribution in [-0.2, 0) is 11.2 Å². The number of hydrogen-bond acceptors (Lipinski definition) is 4. The van der Waals surface area contributed by atoms with E-state index in [1.54, 1.807) is 12.1 Å². The summed E-state index contributed by atoms with van der Waals surface area (Å²) in [5.41, 5.74) is 1.20. The summed E-state index contributed by atoms with van der Waals surface area (Å²) in [6.07, 6.45) is 2.31. The van der Waals surface area contributed by atoms with Gasteiger partial charge in [0, 0.05) is 19.3 Å². The van der Waals surface area contributed by atoms with E-state index in [0.717, 1.165) is 6.42 Å². The van der Waals surface area contributed by atoms with Crippen LogP contribution in [0.2, 0.25) is 5.02 Å². The van der Waals surface area contributed by atoms with E-state index in [1.165, 1.54) is 11.8 Å². The summed E-state index contributed by atoms with van der Waals surface area (Å²) in [6.45, 7) is 1.37. The Balaban J connectivity index is 1.85. The first-order chi connectivity index (χ1) is 11.2. The van der Waals surface area contributed by atoms with Crippen molar-refractivity contribution in [3.8, 4) is 0 Å². The van der Waals surface area contributed by atoms with Gasteiger partial charge < -0.3 is 10.4 Å². The van der Waals surface area contributed by atoms with Crippen molar-refractivity contribution in [3.05, 3.63) is 59.2 Å². The number of pyridine rings is 1. The Labute approximate surface area is 140 Å². The van der Waals surface area contributed by atoms with Crippen LogP contribution < -0.4 is 5.32 Å². The molecule has 2 N–H and O–H groups in total. The zero-order valence-corrected chi connectivity index (χ0v) is 13.5. The van der Waals surface area contributed by atoms with Crippen molar-refractivity contribution in [2.45, 2.75) is 6.42 Å². The molecule has 0 spiro atoms. The number of anilines is 1. The Hall–Kier alpha value is -1.95. The van der Waals surface area contributed by atoms with E-state index in [-0.39, 0.29) is 19.1 Å². The third-order valence-electron chi connectivity index (χ3n) is 3.34. The van der Waals surface area contributed by atoms with Crippen LogP contribution in [0.15, 0.2) is 48.7 Å². The second-order valence-electron chi connectivity index (χ2n) is 5.15. The summed E-state index contributed by atoms with van der Waals surface area (Å²) < 4.78 is 0. The largest absolute Gasteiger partial charge is 0.395 e. The van der Waals surface area contributed by atoms with E-state index < -0.39 is 0 Å². The second-order valence-corrected chi connectivity index (χ2v) is 5.58. The van der Waals surface area contributed by atoms with Gasteiger partial charge in [0.05, 0.1) is 18.2 Å². The number of aromatic nitrogens is 1. The number of amides is 1. The van der Waals surface area contributed by atoms with Gasteiger partial charge >= 0.3 is 0 Å². The van der Waals surface area contributed by atoms with Crippen molar-refractivity contribution >= 4 is 23.3 Å². The first-order valence-electron chi connectivity index (χ1n) is 7.46. The molecule has 6 heteroatoms. The highest BCUT2D eigenvalue weighted by molar-refractivity contribution is 6.30. The molecular weight excluding hydrogens is 314 g/mol. The lowest BCUT2D eigenvalue weighted by Crippen LogP contribution is -2.36. The van der Waals surface area contributed by atoms with Crippen LogP contribution >= 0.6 is 11.6 Å². The van der Waals surface area contributed by atoms with Crippen LogP contribution in [0.25, 0.3) is 0 Å². The normalized spacial score (nSPS) is 10.7. The van der Waals surface area contributed by atoms with Crippen LogP contribution in [0.5, 0.6) is 0 Å². The Morgan fingerprint density at radius 2 is 1.96 bits per heavy atom. The maximum Gasteiger partial charge on any atom is 0.239 e. The summed E-state index contributed by atoms with van der Waals surface area (Å²) in [7, 11) is 0. The Bertz CT molecular complexity index is 605. The molecule has 1 aromatic heterocycles. The molecule has 0 bridgehead atoms. The van der Waals surface area contributed by atoms with Gasteiger partial charge in [0.25, 0.3) is 0 Å². The van der Waals surface area contributed by atoms with Crippen LogP contribution in [0.4, 0.5) is 5.82 Å². The first kappa shape index (κ1) is 17.4. The zero-order chi connectivity index (χ0) is 16.5. The third kappa shape index (κ3) is 6.36. The number of aliphatic hydroxyl groups excluding tert-OH is 1. The fourth-order valence-corrected chi connectivity index (χ4v) is 2.29. The number of aliphatic hydroxyl groups is 1. The maximum atomic E-state index is 12.1. The first-order valence-corrected chi connectivity index (χ1v) is 7.83. The highest BCUT2D eigenvalue weighted by atomic mass is 35.5. The molecule has 23 heavy (non-hydrogen) atoms. The van der Waals surface area contributed by atoms with Gasteiger partial charge in [-0.2, -0.15) is 0 Å². The van der Waals surface area contributed by atoms with Gasteiger partial charge in [-0.3, -0.25) is 9.69 Å². The van der Waals surface area contributed by atoms with Gasteiger partial charge in [-0.15, -0.1) is 0 Å². The number of halogens is 1. The highest BCUT2D eigenvalue weighted by Crippen LogP contribution is 2.09. The van der Waals surface area contributed by atoms with E-state index in [0.29, 0.717) is 23.9 Å². The van der Waals surface area contributed by atoms with E-state index in [1.807, 2.05) is 23.1 Å². The molecule has 2 rings (SSSR count). The van der Waals surface area contributed by atoms with Gasteiger partial charge in [0.1, 0.15) is 5.82 Å². The second kappa shape index (κ2) is 9.25. The molecule has 5 nitrogen and oxygen atoms in total. The van der Waals surface area contributed by atoms with Gasteiger partial charge in [-0.05, 0) is 24.1 Å². The molecular formula is C17H20ClN3O2. The smallest absolute Gasteiger partial charge is 0.239 e. The summed E-state index contributed by atoms with van der Waals surface area (Å²) in [6, 6.07) is 13.4. The van der Waals surface area contributed by atoms with E-state index in [9.17, 15) is 4.79 Å². The molecule has 0 aliphatic carbocycles. The number of carbonyl (C=O) groups is 1. The van der Waals surface area contributed by atoms with Crippen LogP contribution in [-0.4, -0.2) is 47.1 Å². The van der Waals surface area contributed by atoms with Crippen molar-refractivity contribution in [1.82, 2.24) is 9.88 Å². The minimum Gasteiger partial charge on any atom is -0.395 e. The lowest BCUT2D eigenvalue weighted by molar-refractivity contribution is -0.117. The van der Waals surface area contributed by atoms with Crippen molar-refractivity contribution in [1.29, 1.82) is 0 Å². The average Bonchev–Trinajstić information content (AvgIpc) is 2.56. The highest BCUT2D eigenvalue weighted by Gasteiger charge is 2.11. The summed E-state index contributed by atoms with van der Waals surface area (Å²) in [4.78, 5) is 18.0. The van der Waals surface area contributed by atoms with Gasteiger partial charge in [0.15, 0.2) is 0 Å². The quantitative estimate of drug-likeness (QED) is 0.777. The number of nitrogens with zero attached hydrogens (tertiary/aromatic N) is 2. The zero-order valence-electron chi connectivity index (χ0n) is 12.8. The molecule has 0 radical (unpaired) electrons. The topological polar surface area (TPSA) is 65.5 Å². The van der Waals surface area contributed by atoms with Gasteiger partial charge in [0.2, 0.25) is 5.91 Å². The summed E-state index contributed by atoms with van der Waals surface area (Å²) in [5, 5.41) is 12.4. The molecule has 0 atom stereocenters. The molecule has 0 saturated heterocycles. The van der Waals surface area contributed by atoms with E-state index in [2.05, 4.69) is 22.4 Å². The molecule has 0 aliphatic rings. The Morgan fingerprint density at radius 3 is 2.61 bits per heavy atom. The van der Waals surface area contributed by atoms with Gasteiger partial charge in [-0.1, -0.05) is 41.9 Å². The minimum absolute atomic E-state index is 0.0151. The van der Waals surface area contributed by atoms with Gasteiger partial charge in [-0.25, -0.2) is 4.98 Å². The van der Waals surface area contributed by atoms with Crippen molar-refractivity contribution in [3.63, 3.8) is 0 Å². The molecule has 1 amide bonds. The molecule has 1 aromatic carbocycles. The van der Waals surface area contributed by atoms with Crippen LogP contribution in [0.3, 0.4) is 0 Å². The molecule has 0 fully saturated rings. The standard InChI is InChI=1S/C17H20ClN3O2/c18-15-6-7-16(19-12-15)20-17(23)13-21(10-11-22)9-8-14-4-2-1-3-5-14/h1-7,12,22H,8-11,13H2,(H,19,20,23). The minimum atomic E-state index is -0.165. The van der Waals surface area contributed by atoms with E-state index >= 15 is 0 Å². The predicted molar refractivity (Wildman–Crippen MR) is 91.5 cm³/mol. The molecule has 2 aromatic rings. The number of benzene rings is 1. The Kier molecular flexibility index (Phi) is 7.00. The Morgan fingerprint density at radius 1 is 1.17 bits per heavy atom. The number of hydrogen-bond donors (Lipinski definition) is 2. The summed E-state index contributed by atoms with van der Waals surface area (Å²) >= 11 is 5.76. The predicted octanol–water partition coefficient (Wildman–Crippen LogP) is 2.21. The molecule has 1 heterocycles.